The third-order valence-electron chi connectivity index (χ3n) is 4.40. The van der Waals surface area contributed by atoms with Crippen molar-refractivity contribution >= 4 is 33.9 Å². The van der Waals surface area contributed by atoms with Crippen LogP contribution < -0.4 is 9.47 Å². The van der Waals surface area contributed by atoms with Crippen LogP contribution in [0.2, 0.25) is 0 Å². The van der Waals surface area contributed by atoms with Gasteiger partial charge in [-0.15, -0.1) is 0 Å². The molecule has 0 amide bonds. The number of hydrogen-bond donors (Lipinski definition) is 0. The lowest BCUT2D eigenvalue weighted by Crippen LogP contribution is -2.13. The number of hydrogen-bond acceptors (Lipinski definition) is 8. The standard InChI is InChI=1S/C22H12N2O6/c25-21(27-19-15-8-1-3-10-17(15)29-23-19)13-6-5-7-14(12-13)22(26)28-20-16-9-2-4-11-18(16)30-24-20/h1-12H. The third kappa shape index (κ3) is 3.16. The summed E-state index contributed by atoms with van der Waals surface area (Å²) in [6.45, 7) is 0. The van der Waals surface area contributed by atoms with E-state index >= 15 is 0 Å². The van der Waals surface area contributed by atoms with E-state index < -0.39 is 11.9 Å². The van der Waals surface area contributed by atoms with E-state index in [0.29, 0.717) is 21.9 Å². The molecule has 8 nitrogen and oxygen atoms in total. The van der Waals surface area contributed by atoms with Crippen molar-refractivity contribution in [2.75, 3.05) is 0 Å². The van der Waals surface area contributed by atoms with Crippen molar-refractivity contribution < 1.29 is 28.1 Å². The van der Waals surface area contributed by atoms with E-state index in [2.05, 4.69) is 10.3 Å². The second kappa shape index (κ2) is 7.17. The van der Waals surface area contributed by atoms with Crippen molar-refractivity contribution in [2.24, 2.45) is 0 Å². The second-order valence-corrected chi connectivity index (χ2v) is 6.33. The summed E-state index contributed by atoms with van der Waals surface area (Å²) in [5.41, 5.74) is 1.30. The molecule has 3 aromatic carbocycles. The maximum Gasteiger partial charge on any atom is 0.345 e. The quantitative estimate of drug-likeness (QED) is 0.409. The van der Waals surface area contributed by atoms with Crippen LogP contribution in [0.4, 0.5) is 0 Å². The van der Waals surface area contributed by atoms with Gasteiger partial charge in [0.05, 0.1) is 21.9 Å². The van der Waals surface area contributed by atoms with E-state index in [-0.39, 0.29) is 22.9 Å². The molecule has 0 radical (unpaired) electrons. The molecule has 5 rings (SSSR count). The van der Waals surface area contributed by atoms with E-state index in [9.17, 15) is 9.59 Å². The van der Waals surface area contributed by atoms with Gasteiger partial charge in [-0.05, 0) is 52.8 Å². The zero-order valence-corrected chi connectivity index (χ0v) is 15.3. The lowest BCUT2D eigenvalue weighted by atomic mass is 10.1. The summed E-state index contributed by atoms with van der Waals surface area (Å²) in [4.78, 5) is 25.1. The average Bonchev–Trinajstić information content (AvgIpc) is 3.38. The molecule has 0 fully saturated rings. The maximum absolute atomic E-state index is 12.5. The first kappa shape index (κ1) is 17.6. The van der Waals surface area contributed by atoms with Crippen molar-refractivity contribution in [1.29, 1.82) is 0 Å². The van der Waals surface area contributed by atoms with Crippen LogP contribution >= 0.6 is 0 Å². The highest BCUT2D eigenvalue weighted by Crippen LogP contribution is 2.26. The third-order valence-corrected chi connectivity index (χ3v) is 4.40. The van der Waals surface area contributed by atoms with Gasteiger partial charge in [0.25, 0.3) is 11.8 Å². The molecule has 0 aliphatic heterocycles. The summed E-state index contributed by atoms with van der Waals surface area (Å²) in [5, 5.41) is 8.68. The van der Waals surface area contributed by atoms with Crippen molar-refractivity contribution in [1.82, 2.24) is 10.3 Å². The normalized spacial score (nSPS) is 10.9. The van der Waals surface area contributed by atoms with Crippen molar-refractivity contribution in [3.05, 3.63) is 83.9 Å². The molecule has 0 saturated heterocycles. The molecule has 2 aromatic heterocycles. The Kier molecular flexibility index (Phi) is 4.21. The highest BCUT2D eigenvalue weighted by molar-refractivity contribution is 5.98. The molecule has 0 bridgehead atoms. The maximum atomic E-state index is 12.5. The number of carbonyl (C=O) groups is 2. The summed E-state index contributed by atoms with van der Waals surface area (Å²) < 4.78 is 20.9. The molecule has 2 heterocycles. The van der Waals surface area contributed by atoms with Gasteiger partial charge in [-0.2, -0.15) is 0 Å². The van der Waals surface area contributed by atoms with E-state index in [0.717, 1.165) is 0 Å². The van der Waals surface area contributed by atoms with Crippen LogP contribution in [0.1, 0.15) is 20.7 Å². The highest BCUT2D eigenvalue weighted by atomic mass is 16.6. The molecule has 0 atom stereocenters. The van der Waals surface area contributed by atoms with Crippen molar-refractivity contribution in [3.8, 4) is 11.8 Å². The van der Waals surface area contributed by atoms with E-state index in [1.807, 2.05) is 0 Å². The van der Waals surface area contributed by atoms with Crippen LogP contribution in [-0.4, -0.2) is 22.3 Å². The Morgan fingerprint density at radius 1 is 0.633 bits per heavy atom. The minimum absolute atomic E-state index is 0.0534. The Balaban J connectivity index is 1.37. The van der Waals surface area contributed by atoms with Gasteiger partial charge in [0, 0.05) is 0 Å². The van der Waals surface area contributed by atoms with Gasteiger partial charge in [-0.1, -0.05) is 30.3 Å². The summed E-state index contributed by atoms with van der Waals surface area (Å²) in [7, 11) is 0. The van der Waals surface area contributed by atoms with Crippen LogP contribution in [0.3, 0.4) is 0 Å². The van der Waals surface area contributed by atoms with Gasteiger partial charge in [-0.3, -0.25) is 0 Å². The molecule has 0 N–H and O–H groups in total. The Hall–Kier alpha value is -4.46. The average molecular weight is 400 g/mol. The number of para-hydroxylation sites is 2. The fraction of sp³-hybridized carbons (Fsp3) is 0. The Morgan fingerprint density at radius 3 is 1.60 bits per heavy atom. The molecular weight excluding hydrogens is 388 g/mol. The first-order valence-electron chi connectivity index (χ1n) is 8.92. The molecule has 5 aromatic rings. The van der Waals surface area contributed by atoms with Crippen LogP contribution in [0, 0.1) is 0 Å². The highest BCUT2D eigenvalue weighted by Gasteiger charge is 2.19. The lowest BCUT2D eigenvalue weighted by molar-refractivity contribution is 0.0723. The van der Waals surface area contributed by atoms with E-state index in [4.69, 9.17) is 18.5 Å². The fourth-order valence-electron chi connectivity index (χ4n) is 2.94. The van der Waals surface area contributed by atoms with Gasteiger partial charge in [0.15, 0.2) is 11.2 Å². The minimum atomic E-state index is -0.685. The number of ether oxygens (including phenoxy) is 2. The zero-order chi connectivity index (χ0) is 20.5. The van der Waals surface area contributed by atoms with Crippen LogP contribution in [0.5, 0.6) is 11.8 Å². The van der Waals surface area contributed by atoms with Gasteiger partial charge in [0.2, 0.25) is 0 Å². The Morgan fingerprint density at radius 2 is 1.10 bits per heavy atom. The molecule has 8 heteroatoms. The number of carbonyl (C=O) groups excluding carboxylic acids is 2. The molecule has 146 valence electrons. The van der Waals surface area contributed by atoms with Gasteiger partial charge < -0.3 is 18.5 Å². The van der Waals surface area contributed by atoms with E-state index in [1.165, 1.54) is 18.2 Å². The fourth-order valence-corrected chi connectivity index (χ4v) is 2.94. The first-order valence-corrected chi connectivity index (χ1v) is 8.92. The summed E-state index contributed by atoms with van der Waals surface area (Å²) in [5.74, 6) is -1.26. The number of aromatic nitrogens is 2. The molecular formula is C22H12N2O6. The predicted molar refractivity (Wildman–Crippen MR) is 104 cm³/mol. The number of nitrogens with zero attached hydrogens (tertiary/aromatic N) is 2. The first-order chi connectivity index (χ1) is 14.7. The largest absolute Gasteiger partial charge is 0.400 e. The monoisotopic (exact) mass is 400 g/mol. The topological polar surface area (TPSA) is 105 Å². The predicted octanol–water partition coefficient (Wildman–Crippen LogP) is 4.41. The minimum Gasteiger partial charge on any atom is -0.400 e. The zero-order valence-electron chi connectivity index (χ0n) is 15.3. The van der Waals surface area contributed by atoms with Crippen LogP contribution in [0.25, 0.3) is 21.9 Å². The number of rotatable bonds is 4. The Labute approximate surface area is 168 Å². The second-order valence-electron chi connectivity index (χ2n) is 6.33. The number of esters is 2. The van der Waals surface area contributed by atoms with E-state index in [1.54, 1.807) is 54.6 Å². The molecule has 0 spiro atoms. The smallest absolute Gasteiger partial charge is 0.345 e. The van der Waals surface area contributed by atoms with Crippen molar-refractivity contribution in [2.45, 2.75) is 0 Å². The number of benzene rings is 3. The SMILES string of the molecule is O=C(Oc1noc2ccccc12)c1cccc(C(=O)Oc2noc3ccccc23)c1. The van der Waals surface area contributed by atoms with Crippen LogP contribution in [0.15, 0.2) is 81.8 Å². The Bertz CT molecular complexity index is 1300. The molecule has 0 aliphatic carbocycles. The van der Waals surface area contributed by atoms with Gasteiger partial charge in [-0.25, -0.2) is 9.59 Å². The molecule has 30 heavy (non-hydrogen) atoms. The van der Waals surface area contributed by atoms with Gasteiger partial charge in [0.1, 0.15) is 0 Å². The molecule has 0 saturated carbocycles. The lowest BCUT2D eigenvalue weighted by Gasteiger charge is -2.04. The summed E-state index contributed by atoms with van der Waals surface area (Å²) >= 11 is 0. The summed E-state index contributed by atoms with van der Waals surface area (Å²) in [6, 6.07) is 20.0. The van der Waals surface area contributed by atoms with Crippen LogP contribution in [-0.2, 0) is 0 Å². The molecule has 0 unspecified atom stereocenters. The van der Waals surface area contributed by atoms with Crippen molar-refractivity contribution in [3.63, 3.8) is 0 Å². The van der Waals surface area contributed by atoms with Gasteiger partial charge >= 0.3 is 11.9 Å². The summed E-state index contributed by atoms with van der Waals surface area (Å²) in [6.07, 6.45) is 0. The molecule has 0 aliphatic rings. The number of fused-ring (bicyclic) bond motifs is 2.